The van der Waals surface area contributed by atoms with Crippen molar-refractivity contribution in [1.29, 1.82) is 0 Å². The number of nitrogens with one attached hydrogen (secondary N) is 1. The number of ether oxygens (including phenoxy) is 1. The quantitative estimate of drug-likeness (QED) is 0.286. The summed E-state index contributed by atoms with van der Waals surface area (Å²) in [6.45, 7) is 7.74. The molecule has 46 heavy (non-hydrogen) atoms. The van der Waals surface area contributed by atoms with Crippen LogP contribution in [0.5, 0.6) is 0 Å². The largest absolute Gasteiger partial charge is 0.480 e. The molecule has 0 saturated carbocycles. The van der Waals surface area contributed by atoms with E-state index in [0.29, 0.717) is 50.2 Å². The molecule has 1 amide bonds. The van der Waals surface area contributed by atoms with E-state index in [1.165, 1.54) is 11.8 Å². The number of hydrogen-bond donors (Lipinski definition) is 2. The number of carboxylic acid groups (broad SMARTS) is 1. The van der Waals surface area contributed by atoms with E-state index in [2.05, 4.69) is 15.0 Å². The SMILES string of the molecule is CC.COC.CSCCC(NC(=O)C1=C(c2ccccc2C)C=C(CN2CCC(S(=O)(=O)Cc3ccccc3)C2)CC=C1)C(=O)O. The van der Waals surface area contributed by atoms with Gasteiger partial charge in [-0.25, -0.2) is 13.2 Å². The van der Waals surface area contributed by atoms with Crippen LogP contribution < -0.4 is 5.32 Å². The summed E-state index contributed by atoms with van der Waals surface area (Å²) >= 11 is 1.54. The third kappa shape index (κ3) is 11.9. The maximum atomic E-state index is 13.5. The van der Waals surface area contributed by atoms with Gasteiger partial charge in [-0.3, -0.25) is 9.69 Å². The molecule has 0 aromatic heterocycles. The minimum Gasteiger partial charge on any atom is -0.480 e. The molecule has 2 unspecified atom stereocenters. The lowest BCUT2D eigenvalue weighted by Gasteiger charge is -2.19. The second kappa shape index (κ2) is 20.1. The average molecular weight is 671 g/mol. The summed E-state index contributed by atoms with van der Waals surface area (Å²) in [5, 5.41) is 12.0. The van der Waals surface area contributed by atoms with Crippen molar-refractivity contribution in [3.63, 3.8) is 0 Å². The van der Waals surface area contributed by atoms with E-state index in [4.69, 9.17) is 0 Å². The van der Waals surface area contributed by atoms with Crippen molar-refractivity contribution in [2.75, 3.05) is 45.9 Å². The predicted molar refractivity (Wildman–Crippen MR) is 191 cm³/mol. The zero-order valence-electron chi connectivity index (χ0n) is 28.0. The lowest BCUT2D eigenvalue weighted by atomic mass is 9.94. The predicted octanol–water partition coefficient (Wildman–Crippen LogP) is 5.94. The van der Waals surface area contributed by atoms with Crippen LogP contribution >= 0.6 is 11.8 Å². The van der Waals surface area contributed by atoms with E-state index in [-0.39, 0.29) is 5.75 Å². The number of amides is 1. The molecule has 0 spiro atoms. The van der Waals surface area contributed by atoms with Gasteiger partial charge in [0.15, 0.2) is 9.84 Å². The molecule has 1 heterocycles. The van der Waals surface area contributed by atoms with E-state index in [1.807, 2.05) is 93.8 Å². The Labute approximate surface area is 279 Å². The van der Waals surface area contributed by atoms with Crippen LogP contribution in [0.15, 0.2) is 84.0 Å². The highest BCUT2D eigenvalue weighted by molar-refractivity contribution is 7.98. The molecule has 2 atom stereocenters. The van der Waals surface area contributed by atoms with E-state index in [9.17, 15) is 23.1 Å². The lowest BCUT2D eigenvalue weighted by Crippen LogP contribution is -2.41. The van der Waals surface area contributed by atoms with E-state index in [1.54, 1.807) is 20.3 Å². The zero-order chi connectivity index (χ0) is 34.1. The highest BCUT2D eigenvalue weighted by atomic mass is 32.2. The fourth-order valence-electron chi connectivity index (χ4n) is 5.34. The van der Waals surface area contributed by atoms with Crippen molar-refractivity contribution in [1.82, 2.24) is 10.2 Å². The van der Waals surface area contributed by atoms with Gasteiger partial charge in [0, 0.05) is 32.9 Å². The molecule has 0 radical (unpaired) electrons. The Morgan fingerprint density at radius 3 is 2.37 bits per heavy atom. The number of allylic oxidation sites excluding steroid dienone is 3. The summed E-state index contributed by atoms with van der Waals surface area (Å²) in [5.41, 5.74) is 4.95. The molecular formula is C36H50N2O6S2. The van der Waals surface area contributed by atoms with Crippen LogP contribution in [0.4, 0.5) is 0 Å². The van der Waals surface area contributed by atoms with Gasteiger partial charge in [-0.05, 0) is 67.0 Å². The minimum absolute atomic E-state index is 0.0463. The molecule has 2 N–H and O–H groups in total. The number of hydrogen-bond acceptors (Lipinski definition) is 7. The van der Waals surface area contributed by atoms with Crippen molar-refractivity contribution in [3.8, 4) is 0 Å². The second-order valence-electron chi connectivity index (χ2n) is 11.0. The summed E-state index contributed by atoms with van der Waals surface area (Å²) < 4.78 is 30.5. The Morgan fingerprint density at radius 1 is 1.09 bits per heavy atom. The molecule has 1 fully saturated rings. The van der Waals surface area contributed by atoms with Crippen LogP contribution in [0.1, 0.15) is 49.8 Å². The Kier molecular flexibility index (Phi) is 17.1. The highest BCUT2D eigenvalue weighted by Gasteiger charge is 2.33. The number of rotatable bonds is 12. The number of likely N-dealkylation sites (tertiary alicyclic amines) is 1. The molecule has 10 heteroatoms. The number of carboxylic acids is 1. The van der Waals surface area contributed by atoms with Gasteiger partial charge in [-0.1, -0.05) is 92.2 Å². The molecule has 1 saturated heterocycles. The Morgan fingerprint density at radius 2 is 1.74 bits per heavy atom. The van der Waals surface area contributed by atoms with Gasteiger partial charge < -0.3 is 15.2 Å². The summed E-state index contributed by atoms with van der Waals surface area (Å²) in [6, 6.07) is 16.1. The van der Waals surface area contributed by atoms with Gasteiger partial charge in [0.1, 0.15) is 6.04 Å². The maximum Gasteiger partial charge on any atom is 0.326 e. The van der Waals surface area contributed by atoms with Crippen LogP contribution in [-0.2, 0) is 29.9 Å². The van der Waals surface area contributed by atoms with Gasteiger partial charge in [0.25, 0.3) is 5.91 Å². The number of aryl methyl sites for hydroxylation is 1. The molecule has 252 valence electrons. The molecule has 4 rings (SSSR count). The van der Waals surface area contributed by atoms with Crippen LogP contribution in [0.2, 0.25) is 0 Å². The van der Waals surface area contributed by atoms with Gasteiger partial charge >= 0.3 is 5.97 Å². The average Bonchev–Trinajstić information content (AvgIpc) is 3.42. The first-order valence-corrected chi connectivity index (χ1v) is 18.8. The minimum atomic E-state index is -3.29. The van der Waals surface area contributed by atoms with E-state index >= 15 is 0 Å². The number of carbonyl (C=O) groups excluding carboxylic acids is 1. The van der Waals surface area contributed by atoms with Gasteiger partial charge in [0.05, 0.1) is 11.0 Å². The number of thioether (sulfide) groups is 1. The summed E-state index contributed by atoms with van der Waals surface area (Å²) in [7, 11) is -0.0356. The molecule has 1 aliphatic carbocycles. The molecule has 2 aliphatic rings. The van der Waals surface area contributed by atoms with Gasteiger partial charge in [-0.2, -0.15) is 11.8 Å². The third-order valence-corrected chi connectivity index (χ3v) is 10.4. The zero-order valence-corrected chi connectivity index (χ0v) is 29.6. The molecule has 0 bridgehead atoms. The van der Waals surface area contributed by atoms with E-state index in [0.717, 1.165) is 27.8 Å². The summed E-state index contributed by atoms with van der Waals surface area (Å²) in [5.74, 6) is -0.799. The Balaban J connectivity index is 0.00000139. The number of benzene rings is 2. The summed E-state index contributed by atoms with van der Waals surface area (Å²) in [4.78, 5) is 27.5. The smallest absolute Gasteiger partial charge is 0.326 e. The summed E-state index contributed by atoms with van der Waals surface area (Å²) in [6.07, 6.45) is 9.19. The second-order valence-corrected chi connectivity index (χ2v) is 14.3. The number of aliphatic carboxylic acids is 1. The number of sulfone groups is 1. The first kappa shape index (κ1) is 39.0. The number of methoxy groups -OCH3 is 1. The van der Waals surface area contributed by atoms with Crippen LogP contribution in [-0.4, -0.2) is 87.5 Å². The first-order valence-electron chi connectivity index (χ1n) is 15.7. The maximum absolute atomic E-state index is 13.5. The molecule has 8 nitrogen and oxygen atoms in total. The number of carbonyl (C=O) groups is 2. The lowest BCUT2D eigenvalue weighted by molar-refractivity contribution is -0.141. The molecule has 2 aromatic carbocycles. The highest BCUT2D eigenvalue weighted by Crippen LogP contribution is 2.30. The number of nitrogens with zero attached hydrogens (tertiary/aromatic N) is 1. The topological polar surface area (TPSA) is 113 Å². The Bertz CT molecular complexity index is 1470. The Hall–Kier alpha value is -3.18. The molecular weight excluding hydrogens is 621 g/mol. The van der Waals surface area contributed by atoms with Crippen LogP contribution in [0.25, 0.3) is 5.57 Å². The fourth-order valence-corrected chi connectivity index (χ4v) is 7.61. The molecule has 1 aliphatic heterocycles. The third-order valence-electron chi connectivity index (χ3n) is 7.57. The van der Waals surface area contributed by atoms with Crippen molar-refractivity contribution < 1.29 is 27.9 Å². The van der Waals surface area contributed by atoms with Crippen molar-refractivity contribution in [3.05, 3.63) is 101 Å². The fraction of sp³-hybridized carbons (Fsp3) is 0.444. The molecule has 2 aromatic rings. The van der Waals surface area contributed by atoms with Crippen LogP contribution in [0, 0.1) is 6.92 Å². The monoisotopic (exact) mass is 670 g/mol. The first-order chi connectivity index (χ1) is 22.1. The standard InChI is InChI=1S/C32H38N2O5S2.C2H6O.C2H6/c1-23-9-6-7-13-27(23)29-19-25(12-8-14-28(29)31(35)33-30(32(36)37)16-18-40-2)20-34-17-15-26(21-34)41(38,39)22-24-10-4-3-5-11-24;1-3-2;1-2/h3-11,13-14,19,26,30H,12,15-18,20-22H2,1-2H3,(H,33,35)(H,36,37);1-2H3;1-2H3. The van der Waals surface area contributed by atoms with Crippen molar-refractivity contribution in [2.45, 2.75) is 57.1 Å². The normalized spacial score (nSPS) is 17.1. The van der Waals surface area contributed by atoms with Gasteiger partial charge in [0.2, 0.25) is 0 Å². The van der Waals surface area contributed by atoms with Crippen molar-refractivity contribution in [2.24, 2.45) is 0 Å². The van der Waals surface area contributed by atoms with Crippen LogP contribution in [0.3, 0.4) is 0 Å². The van der Waals surface area contributed by atoms with Gasteiger partial charge in [-0.15, -0.1) is 0 Å². The van der Waals surface area contributed by atoms with E-state index < -0.39 is 33.0 Å². The van der Waals surface area contributed by atoms with Crippen molar-refractivity contribution >= 4 is 39.0 Å².